The minimum absolute atomic E-state index is 0.175. The number of ketones is 1. The first-order valence-electron chi connectivity index (χ1n) is 7.77. The van der Waals surface area contributed by atoms with E-state index in [1.807, 2.05) is 0 Å². The van der Waals surface area contributed by atoms with Gasteiger partial charge in [0.2, 0.25) is 0 Å². The zero-order valence-corrected chi connectivity index (χ0v) is 16.7. The summed E-state index contributed by atoms with van der Waals surface area (Å²) in [4.78, 5) is 12.2. The van der Waals surface area contributed by atoms with Crippen LogP contribution in [0, 0.1) is 0 Å². The molecule has 1 aromatic heterocycles. The number of hydrogen-bond donors (Lipinski definition) is 0. The molecule has 0 spiro atoms. The predicted molar refractivity (Wildman–Crippen MR) is 109 cm³/mol. The third kappa shape index (κ3) is 5.08. The first-order chi connectivity index (χ1) is 12.9. The molecule has 2 aromatic carbocycles. The Hall–Kier alpha value is -1.91. The molecular formula is C20H12Cl4O3. The highest BCUT2D eigenvalue weighted by Crippen LogP contribution is 2.32. The van der Waals surface area contributed by atoms with E-state index in [-0.39, 0.29) is 12.4 Å². The molecule has 1 heterocycles. The fourth-order valence-electron chi connectivity index (χ4n) is 2.21. The molecule has 0 amide bonds. The molecule has 0 aliphatic heterocycles. The molecule has 0 saturated heterocycles. The molecule has 0 aliphatic rings. The quantitative estimate of drug-likeness (QED) is 0.296. The van der Waals surface area contributed by atoms with E-state index < -0.39 is 0 Å². The SMILES string of the molecule is O=C(/C=C/c1ccc(COc2cccc(Cl)c2Cl)o1)c1ccc(Cl)c(Cl)c1. The largest absolute Gasteiger partial charge is 0.484 e. The number of halogens is 4. The molecule has 0 saturated carbocycles. The van der Waals surface area contributed by atoms with E-state index in [1.54, 1.807) is 48.5 Å². The first-order valence-corrected chi connectivity index (χ1v) is 9.28. The van der Waals surface area contributed by atoms with Crippen LogP contribution < -0.4 is 4.74 Å². The van der Waals surface area contributed by atoms with E-state index in [0.29, 0.717) is 42.9 Å². The Kier molecular flexibility index (Phi) is 6.51. The van der Waals surface area contributed by atoms with Gasteiger partial charge in [-0.25, -0.2) is 0 Å². The Bertz CT molecular complexity index is 1010. The van der Waals surface area contributed by atoms with Crippen molar-refractivity contribution in [3.8, 4) is 5.75 Å². The molecule has 0 N–H and O–H groups in total. The number of ether oxygens (including phenoxy) is 1. The van der Waals surface area contributed by atoms with Gasteiger partial charge >= 0.3 is 0 Å². The zero-order valence-electron chi connectivity index (χ0n) is 13.7. The number of carbonyl (C=O) groups excluding carboxylic acids is 1. The van der Waals surface area contributed by atoms with Crippen molar-refractivity contribution >= 4 is 58.3 Å². The number of hydrogen-bond acceptors (Lipinski definition) is 3. The van der Waals surface area contributed by atoms with Crippen LogP contribution in [0.2, 0.25) is 20.1 Å². The summed E-state index contributed by atoms with van der Waals surface area (Å²) in [6.45, 7) is 0.175. The van der Waals surface area contributed by atoms with Crippen molar-refractivity contribution in [2.24, 2.45) is 0 Å². The van der Waals surface area contributed by atoms with Gasteiger partial charge in [0.05, 0.1) is 15.1 Å². The Labute approximate surface area is 176 Å². The lowest BCUT2D eigenvalue weighted by Gasteiger charge is -2.06. The van der Waals surface area contributed by atoms with Gasteiger partial charge in [-0.3, -0.25) is 4.79 Å². The van der Waals surface area contributed by atoms with Gasteiger partial charge in [-0.1, -0.05) is 52.5 Å². The molecule has 0 bridgehead atoms. The summed E-state index contributed by atoms with van der Waals surface area (Å²) in [6.07, 6.45) is 2.97. The highest BCUT2D eigenvalue weighted by Gasteiger charge is 2.08. The van der Waals surface area contributed by atoms with Gasteiger partial charge in [-0.15, -0.1) is 0 Å². The summed E-state index contributed by atoms with van der Waals surface area (Å²) >= 11 is 23.8. The number of furan rings is 1. The molecule has 3 rings (SSSR count). The highest BCUT2D eigenvalue weighted by atomic mass is 35.5. The van der Waals surface area contributed by atoms with Crippen molar-refractivity contribution in [2.75, 3.05) is 0 Å². The second-order valence-corrected chi connectivity index (χ2v) is 7.07. The van der Waals surface area contributed by atoms with Gasteiger partial charge in [0, 0.05) is 5.56 Å². The van der Waals surface area contributed by atoms with E-state index >= 15 is 0 Å². The number of rotatable bonds is 6. The Morgan fingerprint density at radius 3 is 2.56 bits per heavy atom. The second-order valence-electron chi connectivity index (χ2n) is 5.47. The molecule has 3 nitrogen and oxygen atoms in total. The molecule has 27 heavy (non-hydrogen) atoms. The van der Waals surface area contributed by atoms with Crippen molar-refractivity contribution in [1.29, 1.82) is 0 Å². The van der Waals surface area contributed by atoms with Gasteiger partial charge in [0.25, 0.3) is 0 Å². The van der Waals surface area contributed by atoms with Crippen molar-refractivity contribution < 1.29 is 13.9 Å². The minimum Gasteiger partial charge on any atom is -0.484 e. The lowest BCUT2D eigenvalue weighted by Crippen LogP contribution is -1.94. The lowest BCUT2D eigenvalue weighted by atomic mass is 10.1. The molecule has 0 atom stereocenters. The molecule has 138 valence electrons. The van der Waals surface area contributed by atoms with Crippen molar-refractivity contribution in [2.45, 2.75) is 6.61 Å². The number of allylic oxidation sites excluding steroid dienone is 1. The number of carbonyl (C=O) groups is 1. The van der Waals surface area contributed by atoms with E-state index in [4.69, 9.17) is 55.6 Å². The molecule has 0 unspecified atom stereocenters. The van der Waals surface area contributed by atoms with Crippen LogP contribution in [0.5, 0.6) is 5.75 Å². The smallest absolute Gasteiger partial charge is 0.186 e. The van der Waals surface area contributed by atoms with Gasteiger partial charge in [0.1, 0.15) is 28.9 Å². The van der Waals surface area contributed by atoms with Crippen LogP contribution in [0.4, 0.5) is 0 Å². The summed E-state index contributed by atoms with van der Waals surface area (Å²) < 4.78 is 11.2. The monoisotopic (exact) mass is 440 g/mol. The van der Waals surface area contributed by atoms with Gasteiger partial charge < -0.3 is 9.15 Å². The predicted octanol–water partition coefficient (Wildman–Crippen LogP) is 7.37. The van der Waals surface area contributed by atoms with Crippen molar-refractivity contribution in [3.05, 3.63) is 91.8 Å². The third-order valence-corrected chi connectivity index (χ3v) is 5.11. The standard InChI is InChI=1S/C20H12Cl4O3/c21-15-8-4-12(10-17(15)23)18(25)9-7-13-5-6-14(27-13)11-26-19-3-1-2-16(22)20(19)24/h1-10H,11H2/b9-7+. The molecule has 0 fully saturated rings. The van der Waals surface area contributed by atoms with E-state index in [9.17, 15) is 4.79 Å². The molecular weight excluding hydrogens is 430 g/mol. The summed E-state index contributed by atoms with van der Waals surface area (Å²) in [6, 6.07) is 13.3. The van der Waals surface area contributed by atoms with Crippen LogP contribution >= 0.6 is 46.4 Å². The first kappa shape index (κ1) is 19.8. The van der Waals surface area contributed by atoms with Crippen LogP contribution in [0.25, 0.3) is 6.08 Å². The molecule has 0 aliphatic carbocycles. The molecule has 7 heteroatoms. The van der Waals surface area contributed by atoms with Crippen molar-refractivity contribution in [1.82, 2.24) is 0 Å². The van der Waals surface area contributed by atoms with Gasteiger partial charge in [0.15, 0.2) is 5.78 Å². The normalized spacial score (nSPS) is 11.1. The summed E-state index contributed by atoms with van der Waals surface area (Å²) in [5, 5.41) is 1.48. The topological polar surface area (TPSA) is 39.4 Å². The maximum Gasteiger partial charge on any atom is 0.186 e. The highest BCUT2D eigenvalue weighted by molar-refractivity contribution is 6.43. The molecule has 0 radical (unpaired) electrons. The average Bonchev–Trinajstić information content (AvgIpc) is 3.11. The average molecular weight is 442 g/mol. The van der Waals surface area contributed by atoms with Crippen LogP contribution in [0.3, 0.4) is 0 Å². The summed E-state index contributed by atoms with van der Waals surface area (Å²) in [5.74, 6) is 1.34. The Morgan fingerprint density at radius 1 is 0.963 bits per heavy atom. The third-order valence-electron chi connectivity index (χ3n) is 3.57. The summed E-state index contributed by atoms with van der Waals surface area (Å²) in [5.41, 5.74) is 0.436. The van der Waals surface area contributed by atoms with Crippen LogP contribution in [-0.4, -0.2) is 5.78 Å². The van der Waals surface area contributed by atoms with Gasteiger partial charge in [-0.2, -0.15) is 0 Å². The summed E-state index contributed by atoms with van der Waals surface area (Å²) in [7, 11) is 0. The van der Waals surface area contributed by atoms with Crippen LogP contribution in [0.1, 0.15) is 21.9 Å². The molecule has 3 aromatic rings. The fraction of sp³-hybridized carbons (Fsp3) is 0.0500. The van der Waals surface area contributed by atoms with Gasteiger partial charge in [-0.05, 0) is 54.6 Å². The Morgan fingerprint density at radius 2 is 1.78 bits per heavy atom. The maximum absolute atomic E-state index is 12.2. The van der Waals surface area contributed by atoms with Crippen LogP contribution in [0.15, 0.2) is 59.0 Å². The van der Waals surface area contributed by atoms with E-state index in [1.165, 1.54) is 12.1 Å². The van der Waals surface area contributed by atoms with E-state index in [0.717, 1.165) is 0 Å². The lowest BCUT2D eigenvalue weighted by molar-refractivity contribution is 0.104. The second kappa shape index (κ2) is 8.85. The van der Waals surface area contributed by atoms with Crippen LogP contribution in [-0.2, 0) is 6.61 Å². The zero-order chi connectivity index (χ0) is 19.4. The minimum atomic E-state index is -0.214. The Balaban J connectivity index is 1.63. The maximum atomic E-state index is 12.2. The van der Waals surface area contributed by atoms with E-state index in [2.05, 4.69) is 0 Å². The fourth-order valence-corrected chi connectivity index (χ4v) is 2.85. The van der Waals surface area contributed by atoms with Crippen molar-refractivity contribution in [3.63, 3.8) is 0 Å². The number of benzene rings is 2.